The average molecular weight is 1680 g/mol. The lowest BCUT2D eigenvalue weighted by atomic mass is 9.35. The molecule has 22 rings (SSSR count). The van der Waals surface area contributed by atoms with E-state index in [1.165, 1.54) is 167 Å². The number of rotatable bonds is 14. The maximum Gasteiger partial charge on any atom is 0.297 e. The summed E-state index contributed by atoms with van der Waals surface area (Å²) in [6.45, 7) is 45.6. The van der Waals surface area contributed by atoms with Gasteiger partial charge in [0.05, 0.1) is 34.1 Å². The summed E-state index contributed by atoms with van der Waals surface area (Å²) in [5.41, 5.74) is 44.7. The van der Waals surface area contributed by atoms with Crippen molar-refractivity contribution in [3.8, 4) is 44.5 Å². The van der Waals surface area contributed by atoms with Crippen LogP contribution in [0.1, 0.15) is 218 Å². The lowest BCUT2D eigenvalue weighted by molar-refractivity contribution is 0.332. The highest BCUT2D eigenvalue weighted by atomic mass is 16.3. The van der Waals surface area contributed by atoms with Crippen molar-refractivity contribution >= 4 is 137 Å². The molecular weight excluding hydrogens is 1560 g/mol. The van der Waals surface area contributed by atoms with Crippen molar-refractivity contribution in [1.29, 1.82) is 0 Å². The van der Waals surface area contributed by atoms with Crippen LogP contribution in [0.25, 0.3) is 66.4 Å². The maximum absolute atomic E-state index is 7.72. The Kier molecular flexibility index (Phi) is 18.8. The molecule has 640 valence electrons. The number of furan rings is 2. The second-order valence-corrected chi connectivity index (χ2v) is 43.8. The van der Waals surface area contributed by atoms with E-state index in [0.717, 1.165) is 94.5 Å². The molecule has 6 heterocycles. The summed E-state index contributed by atoms with van der Waals surface area (Å²) < 4.78 is 15.4. The number of benzene rings is 14. The van der Waals surface area contributed by atoms with Gasteiger partial charge in [0.2, 0.25) is 0 Å². The largest absolute Gasteiger partial charge is 0.468 e. The summed E-state index contributed by atoms with van der Waals surface area (Å²) in [5, 5.41) is 2.27. The Labute approximate surface area is 765 Å². The normalized spacial score (nSPS) is 16.0. The summed E-state index contributed by atoms with van der Waals surface area (Å²) in [6.07, 6.45) is 6.27. The van der Waals surface area contributed by atoms with E-state index in [9.17, 15) is 0 Å². The summed E-state index contributed by atoms with van der Waals surface area (Å²) in [5.74, 6) is 0.308. The molecule has 16 aromatic rings. The minimum Gasteiger partial charge on any atom is -0.468 e. The molecule has 6 nitrogen and oxygen atoms in total. The topological polar surface area (TPSA) is 39.2 Å². The van der Waals surface area contributed by atoms with Crippen molar-refractivity contribution < 1.29 is 8.83 Å². The van der Waals surface area contributed by atoms with E-state index in [0.29, 0.717) is 5.92 Å². The van der Waals surface area contributed by atoms with Gasteiger partial charge in [-0.15, -0.1) is 0 Å². The Morgan fingerprint density at radius 1 is 0.318 bits per heavy atom. The van der Waals surface area contributed by atoms with E-state index in [1.807, 2.05) is 0 Å². The molecular formula is C121H118B2N4O2. The van der Waals surface area contributed by atoms with Crippen molar-refractivity contribution in [1.82, 2.24) is 0 Å². The molecule has 0 fully saturated rings. The highest BCUT2D eigenvalue weighted by Crippen LogP contribution is 2.59. The van der Waals surface area contributed by atoms with Crippen molar-refractivity contribution in [2.75, 3.05) is 19.6 Å². The van der Waals surface area contributed by atoms with Crippen molar-refractivity contribution in [3.05, 3.63) is 347 Å². The molecule has 8 heteroatoms. The first kappa shape index (κ1) is 82.2. The summed E-state index contributed by atoms with van der Waals surface area (Å²) in [7, 11) is 0. The molecule has 0 amide bonds. The third-order valence-corrected chi connectivity index (χ3v) is 31.1. The lowest BCUT2D eigenvalue weighted by Gasteiger charge is -2.47. The molecule has 0 saturated carbocycles. The van der Waals surface area contributed by atoms with Crippen LogP contribution in [0.3, 0.4) is 0 Å². The van der Waals surface area contributed by atoms with Crippen LogP contribution in [-0.4, -0.2) is 13.4 Å². The Bertz CT molecular complexity index is 7100. The van der Waals surface area contributed by atoms with Gasteiger partial charge in [-0.2, -0.15) is 0 Å². The molecule has 0 bridgehead atoms. The predicted octanol–water partition coefficient (Wildman–Crippen LogP) is 29.8. The second kappa shape index (κ2) is 29.5. The molecule has 4 aliphatic heterocycles. The number of anilines is 12. The zero-order chi connectivity index (χ0) is 89.2. The van der Waals surface area contributed by atoms with E-state index in [4.69, 9.17) is 8.83 Å². The van der Waals surface area contributed by atoms with Crippen LogP contribution in [0.2, 0.25) is 0 Å². The number of hydrogen-bond acceptors (Lipinski definition) is 6. The number of hydrogen-bond donors (Lipinski definition) is 0. The third kappa shape index (κ3) is 13.1. The van der Waals surface area contributed by atoms with Gasteiger partial charge >= 0.3 is 0 Å². The van der Waals surface area contributed by atoms with Gasteiger partial charge in [-0.3, -0.25) is 0 Å². The van der Waals surface area contributed by atoms with E-state index in [1.54, 1.807) is 0 Å². The van der Waals surface area contributed by atoms with Gasteiger partial charge in [0.15, 0.2) is 0 Å². The van der Waals surface area contributed by atoms with Crippen LogP contribution in [0, 0.1) is 13.8 Å². The molecule has 14 aromatic carbocycles. The van der Waals surface area contributed by atoms with Crippen LogP contribution in [0.15, 0.2) is 300 Å². The van der Waals surface area contributed by atoms with Gasteiger partial charge in [-0.25, -0.2) is 0 Å². The number of nitrogens with zero attached hydrogens (tertiary/aromatic N) is 4. The van der Waals surface area contributed by atoms with Gasteiger partial charge in [0, 0.05) is 78.5 Å². The van der Waals surface area contributed by atoms with Crippen LogP contribution < -0.4 is 52.8 Å². The SMILES string of the molecule is Cc1cc2c3c(c1)N(c1ccccc1)c1c(oc4cc(C(C)(C)C)ccc14)B3c1cc3c(cc1N2c1c(-c2ccccc2)cc(C(C)(C)CCC(C)(C)c2ccc(N4c5cc(C)cc6c5B(c5cc7c(cc5N6c5c(-c6ccccc6)cccc5-c5ccccc5)C(C)(C)CCC7(C)C)c5oc6ccc(C(C)C)cc6c54)cc2)cc1-c1ccccc1)C(C)(C)CCC3(C)C. The zero-order valence-corrected chi connectivity index (χ0v) is 78.8. The van der Waals surface area contributed by atoms with Crippen LogP contribution in [0.4, 0.5) is 68.2 Å². The van der Waals surface area contributed by atoms with Crippen molar-refractivity contribution in [2.45, 2.75) is 214 Å². The molecule has 2 aromatic heterocycles. The van der Waals surface area contributed by atoms with Gasteiger partial charge in [0.25, 0.3) is 13.4 Å². The van der Waals surface area contributed by atoms with E-state index in [2.05, 4.69) is 442 Å². The lowest BCUT2D eigenvalue weighted by Crippen LogP contribution is -2.61. The summed E-state index contributed by atoms with van der Waals surface area (Å²) >= 11 is 0. The summed E-state index contributed by atoms with van der Waals surface area (Å²) in [4.78, 5) is 10.6. The Morgan fingerprint density at radius 3 is 1.12 bits per heavy atom. The highest BCUT2D eigenvalue weighted by molar-refractivity contribution is 7.00. The van der Waals surface area contributed by atoms with Gasteiger partial charge in [-0.05, 0) is 293 Å². The maximum atomic E-state index is 7.72. The average Bonchev–Trinajstić information content (AvgIpc) is 1.68. The Balaban J connectivity index is 0.691. The smallest absolute Gasteiger partial charge is 0.297 e. The second-order valence-electron chi connectivity index (χ2n) is 43.8. The van der Waals surface area contributed by atoms with E-state index in [-0.39, 0.29) is 51.3 Å². The number of para-hydroxylation sites is 2. The summed E-state index contributed by atoms with van der Waals surface area (Å²) in [6, 6.07) is 112. The Hall–Kier alpha value is -12.5. The minimum atomic E-state index is -0.310. The fourth-order valence-electron chi connectivity index (χ4n) is 23.2. The molecule has 0 spiro atoms. The molecule has 0 atom stereocenters. The highest BCUT2D eigenvalue weighted by Gasteiger charge is 2.53. The molecule has 0 unspecified atom stereocenters. The molecule has 2 aliphatic carbocycles. The van der Waals surface area contributed by atoms with Crippen LogP contribution >= 0.6 is 0 Å². The minimum absolute atomic E-state index is 0.0579. The predicted molar refractivity (Wildman–Crippen MR) is 550 cm³/mol. The van der Waals surface area contributed by atoms with Crippen LogP contribution in [-0.2, 0) is 37.9 Å². The first-order valence-electron chi connectivity index (χ1n) is 47.4. The first-order chi connectivity index (χ1) is 61.7. The fourth-order valence-corrected chi connectivity index (χ4v) is 23.2. The van der Waals surface area contributed by atoms with Crippen molar-refractivity contribution in [3.63, 3.8) is 0 Å². The van der Waals surface area contributed by atoms with E-state index >= 15 is 0 Å². The van der Waals surface area contributed by atoms with Crippen LogP contribution in [0.5, 0.6) is 0 Å². The van der Waals surface area contributed by atoms with Crippen molar-refractivity contribution in [2.24, 2.45) is 0 Å². The van der Waals surface area contributed by atoms with E-state index < -0.39 is 0 Å². The molecule has 129 heavy (non-hydrogen) atoms. The van der Waals surface area contributed by atoms with Gasteiger partial charge in [0.1, 0.15) is 11.2 Å². The zero-order valence-electron chi connectivity index (χ0n) is 78.8. The fraction of sp³-hybridized carbons (Fsp3) is 0.273. The first-order valence-corrected chi connectivity index (χ1v) is 47.4. The van der Waals surface area contributed by atoms with Gasteiger partial charge < -0.3 is 28.4 Å². The number of aryl methyl sites for hydroxylation is 2. The molecule has 0 radical (unpaired) electrons. The van der Waals surface area contributed by atoms with Gasteiger partial charge in [-0.1, -0.05) is 312 Å². The third-order valence-electron chi connectivity index (χ3n) is 31.1. The monoisotopic (exact) mass is 1680 g/mol. The molecule has 0 saturated heterocycles. The number of fused-ring (bicyclic) bond motifs is 14. The Morgan fingerprint density at radius 2 is 0.690 bits per heavy atom. The standard InChI is InChI=1S/C121H118B2N4O2/c1-74(2)81-48-55-105-92(66-81)112-114(128-105)123-97-70-93-95(120(16,17)60-58-118(93,12)13)72-99(97)126(109-87(77-36-25-20-26-37-77)46-35-47-88(109)78-38-27-21-28-39-78)103-64-76(4)63-102(108(103)123)125(112)86-52-49-82(50-53-86)116(8,9)56-57-117(10,11)84-67-90(79-40-29-22-30-41-79)110(91(68-84)80-42-31-23-32-43-80)127-100-73-96-94(119(14,15)59-61-121(96,18)19)71-98(100)122-107-101(62-75(3)65-104(107)127)124(85-44-33-24-34-45-85)111-89-54-51-83(115(5,6)7)69-106(89)129-113(111)122/h20-55,62-74H,56-61H2,1-19H3. The quantitative estimate of drug-likeness (QED) is 0.101. The molecule has 0 N–H and O–H groups in total. The molecule has 6 aliphatic rings.